The second kappa shape index (κ2) is 4.35. The number of hydrogen-bond donors (Lipinski definition) is 4. The van der Waals surface area contributed by atoms with Crippen molar-refractivity contribution in [1.29, 1.82) is 0 Å². The molecule has 7 nitrogen and oxygen atoms in total. The summed E-state index contributed by atoms with van der Waals surface area (Å²) >= 11 is 0. The number of hydrogen-bond acceptors (Lipinski definition) is 3. The molecule has 0 aliphatic heterocycles. The van der Waals surface area contributed by atoms with Crippen LogP contribution in [0.4, 0.5) is 13.2 Å². The summed E-state index contributed by atoms with van der Waals surface area (Å²) in [7, 11) is -9.98. The lowest BCUT2D eigenvalue weighted by Crippen LogP contribution is -2.30. The van der Waals surface area contributed by atoms with Crippen molar-refractivity contribution < 1.29 is 40.8 Å². The van der Waals surface area contributed by atoms with E-state index in [1.165, 1.54) is 0 Å². The van der Waals surface area contributed by atoms with E-state index in [0.29, 0.717) is 0 Å². The Labute approximate surface area is 70.3 Å². The van der Waals surface area contributed by atoms with Crippen LogP contribution in [0.15, 0.2) is 0 Å². The van der Waals surface area contributed by atoms with Gasteiger partial charge in [0.15, 0.2) is 0 Å². The van der Waals surface area contributed by atoms with Crippen LogP contribution >= 0.6 is 7.82 Å². The van der Waals surface area contributed by atoms with E-state index in [1.807, 2.05) is 0 Å². The fraction of sp³-hybridized carbons (Fsp3) is 1.00. The van der Waals surface area contributed by atoms with Crippen LogP contribution in [0.25, 0.3) is 0 Å². The smallest absolute Gasteiger partial charge is 0.303 e. The average molecular weight is 247 g/mol. The van der Waals surface area contributed by atoms with Gasteiger partial charge < -0.3 is 14.7 Å². The monoisotopic (exact) mass is 247 g/mol. The van der Waals surface area contributed by atoms with E-state index in [0.717, 1.165) is 0 Å². The minimum atomic E-state index is -5.34. The Hall–Kier alpha value is -0.190. The van der Waals surface area contributed by atoms with Crippen LogP contribution in [-0.4, -0.2) is 28.6 Å². The lowest BCUT2D eigenvalue weighted by molar-refractivity contribution is -0.0436. The fourth-order valence-electron chi connectivity index (χ4n) is 0. The molecule has 0 aromatic carbocycles. The van der Waals surface area contributed by atoms with E-state index >= 15 is 0 Å². The van der Waals surface area contributed by atoms with Crippen LogP contribution in [0.5, 0.6) is 0 Å². The molecule has 0 saturated heterocycles. The lowest BCUT2D eigenvalue weighted by atomic mass is 11.6. The minimum absolute atomic E-state index is 3.66. The van der Waals surface area contributed by atoms with Gasteiger partial charge in [0.2, 0.25) is 0 Å². The molecule has 0 fully saturated rings. The Morgan fingerprint density at radius 2 is 1.23 bits per heavy atom. The van der Waals surface area contributed by atoms with Crippen molar-refractivity contribution in [1.82, 2.24) is 0 Å². The van der Waals surface area contributed by atoms with Crippen LogP contribution in [0.1, 0.15) is 0 Å². The van der Waals surface area contributed by atoms with Crippen molar-refractivity contribution in [2.45, 2.75) is 5.51 Å². The third-order valence-electron chi connectivity index (χ3n) is 0.323. The Bertz CT molecular complexity index is 279. The highest BCUT2D eigenvalue weighted by Gasteiger charge is 2.42. The molecule has 0 amide bonds. The second-order valence-corrected chi connectivity index (χ2v) is 4.08. The van der Waals surface area contributed by atoms with Crippen LogP contribution < -0.4 is 5.14 Å². The summed E-state index contributed by atoms with van der Waals surface area (Å²) in [6.45, 7) is 0. The summed E-state index contributed by atoms with van der Waals surface area (Å²) in [5.41, 5.74) is -5.31. The molecular formula is CH5F3NO6PS. The number of primary sulfonamides is 1. The highest BCUT2D eigenvalue weighted by molar-refractivity contribution is 7.90. The second-order valence-electron chi connectivity index (χ2n) is 1.50. The zero-order valence-corrected chi connectivity index (χ0v) is 7.34. The quantitative estimate of drug-likeness (QED) is 0.399. The van der Waals surface area contributed by atoms with E-state index in [4.69, 9.17) is 19.2 Å². The number of nitrogens with two attached hydrogens (primary N) is 1. The van der Waals surface area contributed by atoms with Gasteiger partial charge >= 0.3 is 23.4 Å². The molecule has 5 N–H and O–H groups in total. The SMILES string of the molecule is NS(=O)(=O)C(F)(F)F.O=P(O)(O)O. The van der Waals surface area contributed by atoms with Crippen molar-refractivity contribution in [2.75, 3.05) is 0 Å². The van der Waals surface area contributed by atoms with Gasteiger partial charge in [-0.05, 0) is 0 Å². The molecule has 0 spiro atoms. The van der Waals surface area contributed by atoms with Crippen LogP contribution in [0.3, 0.4) is 0 Å². The lowest BCUT2D eigenvalue weighted by Gasteiger charge is -1.98. The number of rotatable bonds is 0. The van der Waals surface area contributed by atoms with Crippen molar-refractivity contribution >= 4 is 17.8 Å². The van der Waals surface area contributed by atoms with E-state index in [9.17, 15) is 21.6 Å². The summed E-state index contributed by atoms with van der Waals surface area (Å²) < 4.78 is 60.0. The molecule has 0 aromatic rings. The van der Waals surface area contributed by atoms with Crippen molar-refractivity contribution in [3.05, 3.63) is 0 Å². The van der Waals surface area contributed by atoms with Gasteiger partial charge in [-0.25, -0.2) is 18.1 Å². The predicted octanol–water partition coefficient (Wildman–Crippen LogP) is -1.13. The predicted molar refractivity (Wildman–Crippen MR) is 33.4 cm³/mol. The van der Waals surface area contributed by atoms with E-state index in [1.54, 1.807) is 0 Å². The molecule has 13 heavy (non-hydrogen) atoms. The van der Waals surface area contributed by atoms with E-state index < -0.39 is 23.4 Å². The van der Waals surface area contributed by atoms with Gasteiger partial charge in [0.25, 0.3) is 0 Å². The molecule has 12 heteroatoms. The summed E-state index contributed by atoms with van der Waals surface area (Å²) in [6.07, 6.45) is 0. The normalized spacial score (nSPS) is 13.2. The number of phosphoric acid groups is 1. The largest absolute Gasteiger partial charge is 0.511 e. The maximum absolute atomic E-state index is 10.8. The molecule has 0 saturated carbocycles. The molecule has 0 aromatic heterocycles. The first-order valence-corrected chi connectivity index (χ1v) is 5.23. The molecular weight excluding hydrogens is 242 g/mol. The molecule has 0 atom stereocenters. The Morgan fingerprint density at radius 3 is 1.23 bits per heavy atom. The minimum Gasteiger partial charge on any atom is -0.303 e. The maximum atomic E-state index is 10.8. The topological polar surface area (TPSA) is 138 Å². The fourth-order valence-corrected chi connectivity index (χ4v) is 0. The molecule has 0 bridgehead atoms. The first-order chi connectivity index (χ1) is 5.25. The number of sulfonamides is 1. The van der Waals surface area contributed by atoms with Crippen molar-refractivity contribution in [3.63, 3.8) is 0 Å². The highest BCUT2D eigenvalue weighted by Crippen LogP contribution is 2.25. The maximum Gasteiger partial charge on any atom is 0.511 e. The standard InChI is InChI=1S/CH2F3NO2S.H3O4P/c2-1(3,4)8(5,6)7;1-5(2,3)4/h(H2,5,6,7);(H3,1,2,3,4). The Morgan fingerprint density at radius 1 is 1.15 bits per heavy atom. The third-order valence-corrected chi connectivity index (χ3v) is 0.968. The van der Waals surface area contributed by atoms with Gasteiger partial charge in [0.05, 0.1) is 0 Å². The van der Waals surface area contributed by atoms with Gasteiger partial charge in [-0.1, -0.05) is 0 Å². The Kier molecular flexibility index (Phi) is 5.12. The molecule has 0 radical (unpaired) electrons. The van der Waals surface area contributed by atoms with E-state index in [2.05, 4.69) is 5.14 Å². The molecule has 0 aliphatic carbocycles. The highest BCUT2D eigenvalue weighted by atomic mass is 32.2. The average Bonchev–Trinajstić information content (AvgIpc) is 1.50. The zero-order valence-electron chi connectivity index (χ0n) is 5.63. The van der Waals surface area contributed by atoms with Gasteiger partial charge in [-0.3, -0.25) is 0 Å². The summed E-state index contributed by atoms with van der Waals surface area (Å²) in [6, 6.07) is 0. The van der Waals surface area contributed by atoms with Gasteiger partial charge in [0, 0.05) is 0 Å². The van der Waals surface area contributed by atoms with Crippen LogP contribution in [-0.2, 0) is 14.6 Å². The molecule has 82 valence electrons. The zero-order chi connectivity index (χ0) is 11.5. The van der Waals surface area contributed by atoms with Crippen molar-refractivity contribution in [2.24, 2.45) is 5.14 Å². The summed E-state index contributed by atoms with van der Waals surface area (Å²) in [5.74, 6) is 0. The third kappa shape index (κ3) is 14.6. The summed E-state index contributed by atoms with van der Waals surface area (Å²) in [5, 5.41) is 3.66. The number of halogens is 3. The molecule has 0 unspecified atom stereocenters. The summed E-state index contributed by atoms with van der Waals surface area (Å²) in [4.78, 5) is 21.6. The van der Waals surface area contributed by atoms with Crippen molar-refractivity contribution in [3.8, 4) is 0 Å². The van der Waals surface area contributed by atoms with Crippen LogP contribution in [0.2, 0.25) is 0 Å². The number of alkyl halides is 3. The first-order valence-electron chi connectivity index (χ1n) is 2.12. The van der Waals surface area contributed by atoms with E-state index in [-0.39, 0.29) is 0 Å². The Balaban J connectivity index is 0. The molecule has 0 heterocycles. The van der Waals surface area contributed by atoms with Gasteiger partial charge in [-0.15, -0.1) is 0 Å². The van der Waals surface area contributed by atoms with Crippen LogP contribution in [0, 0.1) is 0 Å². The van der Waals surface area contributed by atoms with Gasteiger partial charge in [-0.2, -0.15) is 13.2 Å². The molecule has 0 rings (SSSR count). The first kappa shape index (κ1) is 15.3. The molecule has 0 aliphatic rings. The van der Waals surface area contributed by atoms with Gasteiger partial charge in [0.1, 0.15) is 0 Å².